The number of alkyl halides is 2. The average molecular weight is 396 g/mol. The molecule has 0 bridgehead atoms. The van der Waals surface area contributed by atoms with Gasteiger partial charge >= 0.3 is 11.9 Å². The molecule has 25 heavy (non-hydrogen) atoms. The first-order chi connectivity index (χ1) is 11.7. The fourth-order valence-corrected chi connectivity index (χ4v) is 2.42. The highest BCUT2D eigenvalue weighted by molar-refractivity contribution is 6.52. The molecule has 6 atom stereocenters. The Balaban J connectivity index is 2.25. The smallest absolute Gasteiger partial charge is 0.340 e. The Hall–Kier alpha value is -1.49. The maximum Gasteiger partial charge on any atom is 0.340 e. The first-order valence-corrected chi connectivity index (χ1v) is 7.93. The third kappa shape index (κ3) is 4.38. The summed E-state index contributed by atoms with van der Waals surface area (Å²) in [5.41, 5.74) is 0.0161. The molecular formula is C14H15Cl2NO8. The molecule has 0 aliphatic heterocycles. The quantitative estimate of drug-likeness (QED) is 0.363. The molecule has 1 saturated carbocycles. The zero-order valence-electron chi connectivity index (χ0n) is 12.5. The number of ether oxygens (including phenoxy) is 2. The van der Waals surface area contributed by atoms with Crippen LogP contribution < -0.4 is 0 Å². The molecule has 0 aromatic carbocycles. The molecule has 0 amide bonds. The summed E-state index contributed by atoms with van der Waals surface area (Å²) in [6.45, 7) is 0. The number of rotatable bonds is 4. The highest BCUT2D eigenvalue weighted by Gasteiger charge is 2.53. The number of pyridine rings is 1. The highest BCUT2D eigenvalue weighted by Crippen LogP contribution is 2.28. The molecule has 9 nitrogen and oxygen atoms in total. The van der Waals surface area contributed by atoms with Gasteiger partial charge in [-0.1, -0.05) is 23.2 Å². The first kappa shape index (κ1) is 19.8. The van der Waals surface area contributed by atoms with E-state index in [-0.39, 0.29) is 5.56 Å². The number of aromatic nitrogens is 1. The summed E-state index contributed by atoms with van der Waals surface area (Å²) in [6, 6.07) is 2.84. The number of aliphatic hydroxyl groups excluding tert-OH is 4. The number of carbonyl (C=O) groups is 2. The summed E-state index contributed by atoms with van der Waals surface area (Å²) >= 11 is 10.7. The van der Waals surface area contributed by atoms with E-state index in [4.69, 9.17) is 32.7 Å². The van der Waals surface area contributed by atoms with Crippen molar-refractivity contribution in [3.63, 3.8) is 0 Å². The molecule has 1 aliphatic carbocycles. The van der Waals surface area contributed by atoms with E-state index in [2.05, 4.69) is 4.98 Å². The molecule has 1 heterocycles. The van der Waals surface area contributed by atoms with Crippen molar-refractivity contribution in [2.24, 2.45) is 0 Å². The monoisotopic (exact) mass is 395 g/mol. The van der Waals surface area contributed by atoms with Crippen LogP contribution in [0.25, 0.3) is 0 Å². The molecule has 1 aromatic heterocycles. The number of carbonyl (C=O) groups excluding carboxylic acids is 2. The van der Waals surface area contributed by atoms with E-state index in [9.17, 15) is 30.0 Å². The molecule has 0 saturated heterocycles. The van der Waals surface area contributed by atoms with Crippen molar-refractivity contribution in [2.75, 3.05) is 0 Å². The van der Waals surface area contributed by atoms with E-state index in [0.29, 0.717) is 0 Å². The van der Waals surface area contributed by atoms with E-state index < -0.39 is 53.4 Å². The van der Waals surface area contributed by atoms with Crippen LogP contribution in [-0.4, -0.2) is 78.8 Å². The summed E-state index contributed by atoms with van der Waals surface area (Å²) in [4.78, 5) is 25.8. The second-order valence-electron chi connectivity index (χ2n) is 5.28. The highest BCUT2D eigenvalue weighted by atomic mass is 35.5. The fourth-order valence-electron chi connectivity index (χ4n) is 2.32. The topological polar surface area (TPSA) is 146 Å². The third-order valence-corrected chi connectivity index (χ3v) is 3.97. The summed E-state index contributed by atoms with van der Waals surface area (Å²) in [5, 5.41) is 39.6. The largest absolute Gasteiger partial charge is 0.453 e. The van der Waals surface area contributed by atoms with E-state index in [1.54, 1.807) is 0 Å². The van der Waals surface area contributed by atoms with Crippen molar-refractivity contribution in [1.82, 2.24) is 4.98 Å². The minimum atomic E-state index is -1.86. The van der Waals surface area contributed by atoms with Gasteiger partial charge in [0.2, 0.25) is 4.84 Å². The van der Waals surface area contributed by atoms with E-state index >= 15 is 0 Å². The summed E-state index contributed by atoms with van der Waals surface area (Å²) in [6.07, 6.45) is -8.19. The van der Waals surface area contributed by atoms with Gasteiger partial charge in [0.15, 0.2) is 12.2 Å². The number of hydrogen-bond acceptors (Lipinski definition) is 9. The Kier molecular flexibility index (Phi) is 6.55. The second kappa shape index (κ2) is 8.26. The van der Waals surface area contributed by atoms with Crippen molar-refractivity contribution in [3.8, 4) is 0 Å². The van der Waals surface area contributed by atoms with Gasteiger partial charge in [-0.05, 0) is 12.1 Å². The van der Waals surface area contributed by atoms with E-state index in [0.717, 1.165) is 0 Å². The van der Waals surface area contributed by atoms with Gasteiger partial charge in [-0.25, -0.2) is 9.59 Å². The van der Waals surface area contributed by atoms with Gasteiger partial charge in [0.05, 0.1) is 5.56 Å². The van der Waals surface area contributed by atoms with Crippen LogP contribution in [0.15, 0.2) is 24.5 Å². The Bertz CT molecular complexity index is 616. The third-order valence-electron chi connectivity index (χ3n) is 3.62. The lowest BCUT2D eigenvalue weighted by molar-refractivity contribution is -0.232. The van der Waals surface area contributed by atoms with E-state index in [1.807, 2.05) is 0 Å². The van der Waals surface area contributed by atoms with Crippen molar-refractivity contribution >= 4 is 35.1 Å². The molecule has 11 heteroatoms. The van der Waals surface area contributed by atoms with Crippen LogP contribution in [0.3, 0.4) is 0 Å². The summed E-state index contributed by atoms with van der Waals surface area (Å²) in [5.74, 6) is -2.15. The molecule has 4 N–H and O–H groups in total. The first-order valence-electron chi connectivity index (χ1n) is 7.06. The molecule has 1 fully saturated rings. The van der Waals surface area contributed by atoms with Crippen LogP contribution in [0.1, 0.15) is 10.4 Å². The SMILES string of the molecule is O=C(OC1C(O)C(O)C(O)C(O)C1OC(=O)C(Cl)Cl)c1cccnc1. The molecule has 1 aliphatic rings. The molecular weight excluding hydrogens is 381 g/mol. The van der Waals surface area contributed by atoms with Crippen LogP contribution >= 0.6 is 23.2 Å². The van der Waals surface area contributed by atoms with Gasteiger partial charge in [-0.2, -0.15) is 0 Å². The minimum Gasteiger partial charge on any atom is -0.453 e. The Morgan fingerprint density at radius 2 is 1.56 bits per heavy atom. The standard InChI is InChI=1S/C14H15Cl2NO8/c15-12(16)14(23)25-11-9(21)7(19)6(18)8(20)10(11)24-13(22)5-2-1-3-17-4-5/h1-4,6-12,18-21H. The van der Waals surface area contributed by atoms with Gasteiger partial charge < -0.3 is 29.9 Å². The minimum absolute atomic E-state index is 0.0161. The number of hydrogen-bond donors (Lipinski definition) is 4. The predicted molar refractivity (Wildman–Crippen MR) is 82.8 cm³/mol. The Morgan fingerprint density at radius 3 is 2.04 bits per heavy atom. The van der Waals surface area contributed by atoms with E-state index in [1.165, 1.54) is 24.5 Å². The fraction of sp³-hybridized carbons (Fsp3) is 0.500. The zero-order valence-corrected chi connectivity index (χ0v) is 14.0. The maximum absolute atomic E-state index is 12.1. The lowest BCUT2D eigenvalue weighted by Gasteiger charge is -2.42. The van der Waals surface area contributed by atoms with Crippen LogP contribution in [0.2, 0.25) is 0 Å². The van der Waals surface area contributed by atoms with Crippen molar-refractivity contribution in [3.05, 3.63) is 30.1 Å². The molecule has 0 radical (unpaired) electrons. The van der Waals surface area contributed by atoms with Crippen molar-refractivity contribution in [2.45, 2.75) is 41.5 Å². The van der Waals surface area contributed by atoms with Gasteiger partial charge in [0, 0.05) is 12.4 Å². The van der Waals surface area contributed by atoms with Gasteiger partial charge in [0.25, 0.3) is 0 Å². The Morgan fingerprint density at radius 1 is 1.00 bits per heavy atom. The normalized spacial score (nSPS) is 32.3. The second-order valence-corrected chi connectivity index (χ2v) is 6.37. The lowest BCUT2D eigenvalue weighted by Crippen LogP contribution is -2.65. The summed E-state index contributed by atoms with van der Waals surface area (Å²) < 4.78 is 9.88. The molecule has 138 valence electrons. The Labute approximate surface area is 151 Å². The lowest BCUT2D eigenvalue weighted by atomic mass is 9.84. The van der Waals surface area contributed by atoms with Crippen LogP contribution in [0.4, 0.5) is 0 Å². The predicted octanol–water partition coefficient (Wildman–Crippen LogP) is -1.22. The van der Waals surface area contributed by atoms with Crippen LogP contribution in [0, 0.1) is 0 Å². The molecule has 6 unspecified atom stereocenters. The molecule has 0 spiro atoms. The average Bonchev–Trinajstić information content (AvgIpc) is 2.61. The summed E-state index contributed by atoms with van der Waals surface area (Å²) in [7, 11) is 0. The van der Waals surface area contributed by atoms with Gasteiger partial charge in [0.1, 0.15) is 24.4 Å². The number of halogens is 2. The maximum atomic E-state index is 12.1. The zero-order chi connectivity index (χ0) is 18.7. The number of nitrogens with zero attached hydrogens (tertiary/aromatic N) is 1. The van der Waals surface area contributed by atoms with Gasteiger partial charge in [-0.15, -0.1) is 0 Å². The number of aliphatic hydroxyl groups is 4. The molecule has 1 aromatic rings. The van der Waals surface area contributed by atoms with Crippen molar-refractivity contribution < 1.29 is 39.5 Å². The van der Waals surface area contributed by atoms with Crippen molar-refractivity contribution in [1.29, 1.82) is 0 Å². The van der Waals surface area contributed by atoms with Gasteiger partial charge in [-0.3, -0.25) is 4.98 Å². The molecule has 2 rings (SSSR count). The number of esters is 2. The van der Waals surface area contributed by atoms with Crippen LogP contribution in [0.5, 0.6) is 0 Å². The van der Waals surface area contributed by atoms with Crippen LogP contribution in [-0.2, 0) is 14.3 Å².